The van der Waals surface area contributed by atoms with Crippen molar-refractivity contribution in [1.29, 1.82) is 0 Å². The fourth-order valence-electron chi connectivity index (χ4n) is 3.76. The van der Waals surface area contributed by atoms with E-state index in [1.165, 1.54) is 17.6 Å². The van der Waals surface area contributed by atoms with Gasteiger partial charge in [0.2, 0.25) is 17.7 Å². The fourth-order valence-corrected chi connectivity index (χ4v) is 4.82. The Hall–Kier alpha value is -4.31. The second kappa shape index (κ2) is 16.7. The molecule has 4 amide bonds. The van der Waals surface area contributed by atoms with Gasteiger partial charge in [0.25, 0.3) is 11.6 Å². The number of hydrogen-bond donors (Lipinski definition) is 5. The molecule has 7 N–H and O–H groups in total. The van der Waals surface area contributed by atoms with Crippen molar-refractivity contribution < 1.29 is 39.5 Å². The summed E-state index contributed by atoms with van der Waals surface area (Å²) in [5.41, 5.74) is 6.54. The Morgan fingerprint density at radius 3 is 2.68 bits per heavy atom. The number of nitrogens with one attached hydrogen (secondary N) is 3. The number of nitro benzene ring substituents is 1. The lowest BCUT2D eigenvalue weighted by molar-refractivity contribution is -0.960. The van der Waals surface area contributed by atoms with E-state index in [9.17, 15) is 29.3 Å². The number of carbonyl (C=O) groups excluding carboxylic acids is 4. The second-order valence-electron chi connectivity index (χ2n) is 9.11. The summed E-state index contributed by atoms with van der Waals surface area (Å²) in [6.45, 7) is 4.04. The molecule has 41 heavy (non-hydrogen) atoms. The molecule has 2 rings (SSSR count). The van der Waals surface area contributed by atoms with Crippen molar-refractivity contribution in [2.75, 3.05) is 12.3 Å². The van der Waals surface area contributed by atoms with Gasteiger partial charge in [-0.3, -0.25) is 29.3 Å². The Kier molecular flexibility index (Phi) is 13.4. The first kappa shape index (κ1) is 32.9. The van der Waals surface area contributed by atoms with Gasteiger partial charge in [-0.1, -0.05) is 20.3 Å². The number of primary amides is 1. The van der Waals surface area contributed by atoms with Gasteiger partial charge in [-0.2, -0.15) is 5.48 Å². The zero-order valence-corrected chi connectivity index (χ0v) is 23.5. The molecule has 1 aromatic carbocycles. The number of rotatable bonds is 11. The van der Waals surface area contributed by atoms with Gasteiger partial charge in [-0.05, 0) is 37.2 Å². The van der Waals surface area contributed by atoms with Crippen LogP contribution in [0.1, 0.15) is 49.9 Å². The molecule has 0 radical (unpaired) electrons. The maximum atomic E-state index is 13.4. The van der Waals surface area contributed by atoms with Crippen LogP contribution in [0.25, 0.3) is 0 Å². The molecule has 0 saturated carbocycles. The largest absolute Gasteiger partial charge is 0.368 e. The van der Waals surface area contributed by atoms with Crippen molar-refractivity contribution in [3.63, 3.8) is 0 Å². The van der Waals surface area contributed by atoms with Crippen LogP contribution in [0.2, 0.25) is 0 Å². The van der Waals surface area contributed by atoms with Gasteiger partial charge < -0.3 is 21.7 Å². The summed E-state index contributed by atoms with van der Waals surface area (Å²) >= 11 is 1.03. The SMILES string of the molecule is C#CC#COO[NH2+]CCCCC1NC(=O)[C@H]([C@H](C)CC)NC(=O)c2cc([N+](=O)[O-])ccc2SC[C@@H](C(N)=O)NC1=O. The molecule has 1 aromatic rings. The van der Waals surface area contributed by atoms with Gasteiger partial charge in [-0.25, -0.2) is 4.89 Å². The number of terminal acetylenes is 1. The van der Waals surface area contributed by atoms with Gasteiger partial charge in [0.05, 0.1) is 10.5 Å². The van der Waals surface area contributed by atoms with Gasteiger partial charge in [0.1, 0.15) is 24.7 Å². The summed E-state index contributed by atoms with van der Waals surface area (Å²) in [7, 11) is 0. The highest BCUT2D eigenvalue weighted by molar-refractivity contribution is 7.99. The van der Waals surface area contributed by atoms with Crippen molar-refractivity contribution in [2.24, 2.45) is 11.7 Å². The molecule has 0 saturated heterocycles. The minimum Gasteiger partial charge on any atom is -0.368 e. The van der Waals surface area contributed by atoms with Crippen molar-refractivity contribution in [2.45, 2.75) is 62.6 Å². The first-order valence-corrected chi connectivity index (χ1v) is 13.8. The van der Waals surface area contributed by atoms with E-state index < -0.39 is 46.7 Å². The van der Waals surface area contributed by atoms with Gasteiger partial charge in [0, 0.05) is 33.7 Å². The number of hydrogen-bond acceptors (Lipinski definition) is 9. The normalized spacial score (nSPS) is 20.0. The molecule has 0 fully saturated rings. The summed E-state index contributed by atoms with van der Waals surface area (Å²) in [6, 6.07) is 0.481. The summed E-state index contributed by atoms with van der Waals surface area (Å²) in [4.78, 5) is 72.4. The zero-order chi connectivity index (χ0) is 30.4. The number of nitro groups is 1. The number of amides is 4. The Morgan fingerprint density at radius 2 is 2.02 bits per heavy atom. The first-order valence-electron chi connectivity index (χ1n) is 12.8. The lowest BCUT2D eigenvalue weighted by Crippen LogP contribution is -2.82. The third kappa shape index (κ3) is 10.3. The third-order valence-electron chi connectivity index (χ3n) is 6.24. The maximum absolute atomic E-state index is 13.4. The van der Waals surface area contributed by atoms with Crippen LogP contribution in [0.15, 0.2) is 23.1 Å². The number of unbranched alkanes of at least 4 members (excludes halogenated alkanes) is 1. The van der Waals surface area contributed by atoms with E-state index >= 15 is 0 Å². The molecule has 0 aromatic heterocycles. The Labute approximate surface area is 241 Å². The Balaban J connectivity index is 2.30. The number of nitrogens with two attached hydrogens (primary N) is 2. The van der Waals surface area contributed by atoms with Crippen LogP contribution in [-0.4, -0.2) is 59.0 Å². The molecule has 1 unspecified atom stereocenters. The lowest BCUT2D eigenvalue weighted by Gasteiger charge is -2.27. The average Bonchev–Trinajstić information content (AvgIpc) is 2.95. The van der Waals surface area contributed by atoms with Crippen LogP contribution >= 0.6 is 11.8 Å². The van der Waals surface area contributed by atoms with Crippen LogP contribution in [0.5, 0.6) is 0 Å². The van der Waals surface area contributed by atoms with Crippen molar-refractivity contribution in [3.8, 4) is 24.4 Å². The topological polar surface area (TPSA) is 209 Å². The number of hydroxylamine groups is 1. The highest BCUT2D eigenvalue weighted by Gasteiger charge is 2.33. The molecule has 1 aliphatic rings. The highest BCUT2D eigenvalue weighted by Crippen LogP contribution is 2.28. The van der Waals surface area contributed by atoms with Crippen molar-refractivity contribution >= 4 is 41.1 Å². The quantitative estimate of drug-likeness (QED) is 0.0739. The van der Waals surface area contributed by atoms with Gasteiger partial charge >= 0.3 is 0 Å². The lowest BCUT2D eigenvalue weighted by atomic mass is 9.97. The minimum atomic E-state index is -1.15. The van der Waals surface area contributed by atoms with E-state index in [4.69, 9.17) is 17.1 Å². The molecule has 15 heteroatoms. The Bertz CT molecular complexity index is 1240. The fraction of sp³-hybridized carbons (Fsp3) is 0.462. The molecule has 14 nitrogen and oxygen atoms in total. The molecule has 1 aliphatic heterocycles. The first-order chi connectivity index (χ1) is 19.6. The summed E-state index contributed by atoms with van der Waals surface area (Å²) in [6.07, 6.45) is 8.84. The van der Waals surface area contributed by atoms with E-state index in [1.54, 1.807) is 6.92 Å². The number of fused-ring (bicyclic) bond motifs is 1. The van der Waals surface area contributed by atoms with E-state index in [-0.39, 0.29) is 29.3 Å². The molecule has 220 valence electrons. The van der Waals surface area contributed by atoms with Crippen LogP contribution in [0.4, 0.5) is 5.69 Å². The van der Waals surface area contributed by atoms with Crippen LogP contribution in [0, 0.1) is 40.4 Å². The Morgan fingerprint density at radius 1 is 1.27 bits per heavy atom. The average molecular weight is 590 g/mol. The standard InChI is InChI=1S/C26H32N6O8S/c1-4-6-13-39-40-28-12-8-7-9-19-25(35)30-20(23(27)33)15-41-21-11-10-17(32(37)38)14-18(21)24(34)31-22(16(3)5-2)26(36)29-19/h1,10-11,14,16,19-20,22,28H,5,7-9,12,15H2,2-3H3,(H2,27,33)(H,29,36)(H,30,35)(H,31,34)/p+1/t16-,19?,20+,22+/m1/s1. The minimum absolute atomic E-state index is 0.0385. The zero-order valence-electron chi connectivity index (χ0n) is 22.6. The predicted octanol–water partition coefficient (Wildman–Crippen LogP) is -0.509. The monoisotopic (exact) mass is 589 g/mol. The molecular formula is C26H33N6O8S+. The van der Waals surface area contributed by atoms with Gasteiger partial charge in [0.15, 0.2) is 6.11 Å². The van der Waals surface area contributed by atoms with E-state index in [0.717, 1.165) is 17.8 Å². The van der Waals surface area contributed by atoms with E-state index in [2.05, 4.69) is 38.8 Å². The molecule has 0 spiro atoms. The molecule has 0 bridgehead atoms. The van der Waals surface area contributed by atoms with Crippen LogP contribution < -0.4 is 27.2 Å². The van der Waals surface area contributed by atoms with Crippen molar-refractivity contribution in [3.05, 3.63) is 33.9 Å². The van der Waals surface area contributed by atoms with Gasteiger partial charge in [-0.15, -0.1) is 18.2 Å². The van der Waals surface area contributed by atoms with E-state index in [1.807, 2.05) is 6.92 Å². The highest BCUT2D eigenvalue weighted by atomic mass is 32.2. The predicted molar refractivity (Wildman–Crippen MR) is 147 cm³/mol. The number of nitrogens with zero attached hydrogens (tertiary/aromatic N) is 1. The number of benzene rings is 1. The summed E-state index contributed by atoms with van der Waals surface area (Å²) in [5.74, 6) is 1.12. The second-order valence-corrected chi connectivity index (χ2v) is 10.2. The number of carbonyl (C=O) groups is 4. The number of non-ortho nitro benzene ring substituents is 1. The van der Waals surface area contributed by atoms with Crippen molar-refractivity contribution in [1.82, 2.24) is 16.0 Å². The molecule has 4 atom stereocenters. The molecular weight excluding hydrogens is 556 g/mol. The summed E-state index contributed by atoms with van der Waals surface area (Å²) < 4.78 is 0. The number of quaternary nitrogens is 1. The van der Waals surface area contributed by atoms with Crippen LogP contribution in [0.3, 0.4) is 0 Å². The maximum Gasteiger partial charge on any atom is 0.270 e. The summed E-state index contributed by atoms with van der Waals surface area (Å²) in [5, 5.41) is 19.3. The van der Waals surface area contributed by atoms with E-state index in [0.29, 0.717) is 30.7 Å². The molecule has 0 aliphatic carbocycles. The molecule has 1 heterocycles. The number of thioether (sulfide) groups is 1. The van der Waals surface area contributed by atoms with Crippen LogP contribution in [-0.2, 0) is 24.3 Å². The third-order valence-corrected chi connectivity index (χ3v) is 7.41. The smallest absolute Gasteiger partial charge is 0.270 e.